The van der Waals surface area contributed by atoms with Crippen molar-refractivity contribution in [1.29, 1.82) is 0 Å². The van der Waals surface area contributed by atoms with Gasteiger partial charge >= 0.3 is 5.97 Å². The van der Waals surface area contributed by atoms with E-state index in [1.165, 1.54) is 0 Å². The van der Waals surface area contributed by atoms with E-state index in [-0.39, 0.29) is 11.8 Å². The molecule has 2 rings (SSSR count). The summed E-state index contributed by atoms with van der Waals surface area (Å²) in [5.74, 6) is -1.71. The number of rotatable bonds is 4. The molecule has 0 aromatic carbocycles. The van der Waals surface area contributed by atoms with Crippen molar-refractivity contribution in [2.45, 2.75) is 52.4 Å². The van der Waals surface area contributed by atoms with Crippen molar-refractivity contribution in [2.24, 2.45) is 17.3 Å². The Morgan fingerprint density at radius 2 is 1.62 bits per heavy atom. The summed E-state index contributed by atoms with van der Waals surface area (Å²) in [6, 6.07) is 0. The number of allylic oxidation sites excluding steroid dienone is 2. The van der Waals surface area contributed by atoms with Crippen LogP contribution in [-0.4, -0.2) is 35.0 Å². The number of carboxylic acid groups (broad SMARTS) is 1. The average molecular weight is 293 g/mol. The minimum Gasteiger partial charge on any atom is -0.481 e. The highest BCUT2D eigenvalue weighted by Crippen LogP contribution is 2.39. The molecule has 2 aliphatic rings. The van der Waals surface area contributed by atoms with Crippen molar-refractivity contribution in [3.8, 4) is 0 Å². The molecule has 4 nitrogen and oxygen atoms in total. The van der Waals surface area contributed by atoms with Crippen molar-refractivity contribution in [3.63, 3.8) is 0 Å². The van der Waals surface area contributed by atoms with Gasteiger partial charge in [0, 0.05) is 13.1 Å². The standard InChI is InChI=1S/C17H27NO3/c1-3-17(4-2)9-11-18(12-10-17)15(19)13-7-5-6-8-14(13)16(20)21/h5-6,13-14H,3-4,7-12H2,1-2H3,(H,20,21). The first-order valence-electron chi connectivity index (χ1n) is 8.19. The van der Waals surface area contributed by atoms with E-state index in [1.54, 1.807) is 0 Å². The Morgan fingerprint density at radius 3 is 2.10 bits per heavy atom. The van der Waals surface area contributed by atoms with Crippen LogP contribution in [0.4, 0.5) is 0 Å². The number of piperidine rings is 1. The molecule has 1 heterocycles. The van der Waals surface area contributed by atoms with Crippen molar-refractivity contribution >= 4 is 11.9 Å². The van der Waals surface area contributed by atoms with Gasteiger partial charge < -0.3 is 10.0 Å². The zero-order chi connectivity index (χ0) is 15.5. The van der Waals surface area contributed by atoms with Crippen LogP contribution in [0.1, 0.15) is 52.4 Å². The summed E-state index contributed by atoms with van der Waals surface area (Å²) in [7, 11) is 0. The highest BCUT2D eigenvalue weighted by atomic mass is 16.4. The van der Waals surface area contributed by atoms with Crippen LogP contribution in [0.2, 0.25) is 0 Å². The summed E-state index contributed by atoms with van der Waals surface area (Å²) in [5, 5.41) is 9.31. The van der Waals surface area contributed by atoms with Gasteiger partial charge in [0.05, 0.1) is 11.8 Å². The van der Waals surface area contributed by atoms with E-state index in [1.807, 2.05) is 17.1 Å². The van der Waals surface area contributed by atoms with E-state index < -0.39 is 11.9 Å². The summed E-state index contributed by atoms with van der Waals surface area (Å²) in [6.45, 7) is 6.03. The van der Waals surface area contributed by atoms with Gasteiger partial charge in [0.15, 0.2) is 0 Å². The molecule has 1 aliphatic heterocycles. The lowest BCUT2D eigenvalue weighted by Crippen LogP contribution is -2.47. The molecule has 1 amide bonds. The number of carboxylic acids is 1. The number of carbonyl (C=O) groups is 2. The minimum absolute atomic E-state index is 0.0487. The van der Waals surface area contributed by atoms with E-state index >= 15 is 0 Å². The first-order chi connectivity index (χ1) is 10.0. The Kier molecular flexibility index (Phi) is 5.07. The van der Waals surface area contributed by atoms with Gasteiger partial charge in [-0.1, -0.05) is 38.8 Å². The van der Waals surface area contributed by atoms with Crippen LogP contribution in [0.15, 0.2) is 12.2 Å². The lowest BCUT2D eigenvalue weighted by atomic mass is 9.73. The molecule has 4 heteroatoms. The molecule has 21 heavy (non-hydrogen) atoms. The van der Waals surface area contributed by atoms with Crippen LogP contribution in [0.25, 0.3) is 0 Å². The fraction of sp³-hybridized carbons (Fsp3) is 0.765. The van der Waals surface area contributed by atoms with Crippen molar-refractivity contribution in [3.05, 3.63) is 12.2 Å². The first-order valence-corrected chi connectivity index (χ1v) is 8.19. The number of carbonyl (C=O) groups excluding carboxylic acids is 1. The number of amides is 1. The van der Waals surface area contributed by atoms with Gasteiger partial charge in [0.2, 0.25) is 5.91 Å². The number of nitrogens with zero attached hydrogens (tertiary/aromatic N) is 1. The van der Waals surface area contributed by atoms with Crippen LogP contribution in [0.5, 0.6) is 0 Å². The maximum Gasteiger partial charge on any atom is 0.307 e. The van der Waals surface area contributed by atoms with Gasteiger partial charge in [-0.05, 0) is 31.1 Å². The van der Waals surface area contributed by atoms with Crippen molar-refractivity contribution < 1.29 is 14.7 Å². The molecular weight excluding hydrogens is 266 g/mol. The lowest BCUT2D eigenvalue weighted by molar-refractivity contribution is -0.151. The predicted molar refractivity (Wildman–Crippen MR) is 81.8 cm³/mol. The molecule has 0 spiro atoms. The Morgan fingerprint density at radius 1 is 1.10 bits per heavy atom. The monoisotopic (exact) mass is 293 g/mol. The second-order valence-electron chi connectivity index (χ2n) is 6.53. The predicted octanol–water partition coefficient (Wildman–Crippen LogP) is 3.08. The Labute approximate surface area is 127 Å². The summed E-state index contributed by atoms with van der Waals surface area (Å²) in [5.41, 5.74) is 0.384. The number of hydrogen-bond acceptors (Lipinski definition) is 2. The van der Waals surface area contributed by atoms with Crippen LogP contribution >= 0.6 is 0 Å². The van der Waals surface area contributed by atoms with Gasteiger partial charge in [-0.25, -0.2) is 0 Å². The molecule has 0 radical (unpaired) electrons. The molecule has 0 aromatic rings. The molecule has 1 aliphatic carbocycles. The van der Waals surface area contributed by atoms with Crippen LogP contribution in [0, 0.1) is 17.3 Å². The molecule has 2 atom stereocenters. The highest BCUT2D eigenvalue weighted by Gasteiger charge is 2.39. The summed E-state index contributed by atoms with van der Waals surface area (Å²) in [4.78, 5) is 25.9. The lowest BCUT2D eigenvalue weighted by Gasteiger charge is -2.42. The summed E-state index contributed by atoms with van der Waals surface area (Å²) in [6.07, 6.45) is 9.31. The smallest absolute Gasteiger partial charge is 0.307 e. The fourth-order valence-electron chi connectivity index (χ4n) is 3.75. The fourth-order valence-corrected chi connectivity index (χ4v) is 3.75. The van der Waals surface area contributed by atoms with Gasteiger partial charge in [0.1, 0.15) is 0 Å². The minimum atomic E-state index is -0.842. The SMILES string of the molecule is CCC1(CC)CCN(C(=O)C2CC=CCC2C(=O)O)CC1. The van der Waals surface area contributed by atoms with Gasteiger partial charge in [-0.3, -0.25) is 9.59 Å². The third kappa shape index (κ3) is 3.30. The van der Waals surface area contributed by atoms with Gasteiger partial charge in [-0.2, -0.15) is 0 Å². The topological polar surface area (TPSA) is 57.6 Å². The number of hydrogen-bond donors (Lipinski definition) is 1. The van der Waals surface area contributed by atoms with E-state index in [2.05, 4.69) is 13.8 Å². The quantitative estimate of drug-likeness (QED) is 0.810. The molecule has 0 aromatic heterocycles. The maximum atomic E-state index is 12.7. The van der Waals surface area contributed by atoms with Crippen LogP contribution in [-0.2, 0) is 9.59 Å². The second kappa shape index (κ2) is 6.63. The molecule has 1 fully saturated rings. The molecule has 0 bridgehead atoms. The van der Waals surface area contributed by atoms with Gasteiger partial charge in [-0.15, -0.1) is 0 Å². The highest BCUT2D eigenvalue weighted by molar-refractivity contribution is 5.85. The molecular formula is C17H27NO3. The molecule has 2 unspecified atom stereocenters. The van der Waals surface area contributed by atoms with Crippen LogP contribution < -0.4 is 0 Å². The van der Waals surface area contributed by atoms with Crippen molar-refractivity contribution in [2.75, 3.05) is 13.1 Å². The largest absolute Gasteiger partial charge is 0.481 e. The van der Waals surface area contributed by atoms with Crippen LogP contribution in [0.3, 0.4) is 0 Å². The third-order valence-electron chi connectivity index (χ3n) is 5.70. The van der Waals surface area contributed by atoms with E-state index in [0.29, 0.717) is 18.3 Å². The van der Waals surface area contributed by atoms with E-state index in [0.717, 1.165) is 38.8 Å². The first kappa shape index (κ1) is 16.1. The zero-order valence-electron chi connectivity index (χ0n) is 13.2. The molecule has 1 N–H and O–H groups in total. The normalized spacial score (nSPS) is 28.4. The number of likely N-dealkylation sites (tertiary alicyclic amines) is 1. The van der Waals surface area contributed by atoms with Gasteiger partial charge in [0.25, 0.3) is 0 Å². The van der Waals surface area contributed by atoms with Crippen molar-refractivity contribution in [1.82, 2.24) is 4.90 Å². The second-order valence-corrected chi connectivity index (χ2v) is 6.53. The Bertz CT molecular complexity index is 416. The van der Waals surface area contributed by atoms with E-state index in [4.69, 9.17) is 0 Å². The summed E-state index contributed by atoms with van der Waals surface area (Å²) >= 11 is 0. The summed E-state index contributed by atoms with van der Waals surface area (Å²) < 4.78 is 0. The third-order valence-corrected chi connectivity index (χ3v) is 5.70. The van der Waals surface area contributed by atoms with E-state index in [9.17, 15) is 14.7 Å². The average Bonchev–Trinajstić information content (AvgIpc) is 2.54. The molecule has 118 valence electrons. The molecule has 1 saturated heterocycles. The zero-order valence-corrected chi connectivity index (χ0v) is 13.2. The number of aliphatic carboxylic acids is 1. The maximum absolute atomic E-state index is 12.7. The Balaban J connectivity index is 2.01. The molecule has 0 saturated carbocycles. The Hall–Kier alpha value is -1.32.